The van der Waals surface area contributed by atoms with Gasteiger partial charge in [-0.2, -0.15) is 0 Å². The van der Waals surface area contributed by atoms with Gasteiger partial charge in [0.15, 0.2) is 18.2 Å². The third-order valence-electron chi connectivity index (χ3n) is 5.35. The van der Waals surface area contributed by atoms with Crippen LogP contribution in [0.5, 0.6) is 0 Å². The molecule has 0 aliphatic carbocycles. The molecule has 2 aromatic carbocycles. The molecule has 1 aromatic heterocycles. The number of nitrogens with zero attached hydrogens (tertiary/aromatic N) is 1. The minimum Gasteiger partial charge on any atom is -0.459 e. The SMILES string of the molecule is CS(=O)(=O)N1CCCc2cc(C(=O)COC(=O)c3ccccc3NC(=O)c3ccco3)ccc21. The molecule has 0 spiro atoms. The van der Waals surface area contributed by atoms with E-state index in [-0.39, 0.29) is 17.0 Å². The maximum Gasteiger partial charge on any atom is 0.340 e. The van der Waals surface area contributed by atoms with Crippen molar-refractivity contribution < 1.29 is 32.0 Å². The van der Waals surface area contributed by atoms with E-state index in [1.165, 1.54) is 34.8 Å². The van der Waals surface area contributed by atoms with Crippen LogP contribution < -0.4 is 9.62 Å². The molecule has 176 valence electrons. The van der Waals surface area contributed by atoms with Crippen LogP contribution in [0.4, 0.5) is 11.4 Å². The minimum atomic E-state index is -3.41. The van der Waals surface area contributed by atoms with E-state index in [4.69, 9.17) is 9.15 Å². The highest BCUT2D eigenvalue weighted by molar-refractivity contribution is 7.92. The number of carbonyl (C=O) groups excluding carboxylic acids is 3. The summed E-state index contributed by atoms with van der Waals surface area (Å²) in [4.78, 5) is 37.6. The van der Waals surface area contributed by atoms with Crippen LogP contribution in [-0.2, 0) is 21.2 Å². The zero-order valence-corrected chi connectivity index (χ0v) is 19.1. The summed E-state index contributed by atoms with van der Waals surface area (Å²) >= 11 is 0. The summed E-state index contributed by atoms with van der Waals surface area (Å²) in [6.07, 6.45) is 3.80. The molecule has 2 heterocycles. The minimum absolute atomic E-state index is 0.0835. The fourth-order valence-corrected chi connectivity index (χ4v) is 4.73. The van der Waals surface area contributed by atoms with Gasteiger partial charge in [0.05, 0.1) is 29.5 Å². The van der Waals surface area contributed by atoms with Gasteiger partial charge >= 0.3 is 5.97 Å². The van der Waals surface area contributed by atoms with E-state index in [9.17, 15) is 22.8 Å². The number of sulfonamides is 1. The van der Waals surface area contributed by atoms with Crippen molar-refractivity contribution in [2.75, 3.05) is 29.0 Å². The first-order valence-corrected chi connectivity index (χ1v) is 12.3. The molecule has 0 fully saturated rings. The highest BCUT2D eigenvalue weighted by Gasteiger charge is 2.25. The summed E-state index contributed by atoms with van der Waals surface area (Å²) in [5.74, 6) is -1.65. The number of ketones is 1. The van der Waals surface area contributed by atoms with Gasteiger partial charge in [0.25, 0.3) is 5.91 Å². The van der Waals surface area contributed by atoms with Crippen LogP contribution in [0.3, 0.4) is 0 Å². The quantitative estimate of drug-likeness (QED) is 0.405. The smallest absolute Gasteiger partial charge is 0.340 e. The number of anilines is 2. The molecule has 1 aliphatic rings. The van der Waals surface area contributed by atoms with Crippen molar-refractivity contribution in [3.63, 3.8) is 0 Å². The van der Waals surface area contributed by atoms with Crippen molar-refractivity contribution in [2.45, 2.75) is 12.8 Å². The summed E-state index contributed by atoms with van der Waals surface area (Å²) in [7, 11) is -3.41. The topological polar surface area (TPSA) is 123 Å². The number of hydrogen-bond donors (Lipinski definition) is 1. The number of para-hydroxylation sites is 1. The third kappa shape index (κ3) is 5.01. The van der Waals surface area contributed by atoms with Gasteiger partial charge in [-0.05, 0) is 60.9 Å². The average Bonchev–Trinajstić information content (AvgIpc) is 3.36. The highest BCUT2D eigenvalue weighted by atomic mass is 32.2. The van der Waals surface area contributed by atoms with E-state index < -0.39 is 34.3 Å². The van der Waals surface area contributed by atoms with E-state index >= 15 is 0 Å². The van der Waals surface area contributed by atoms with Gasteiger partial charge < -0.3 is 14.5 Å². The van der Waals surface area contributed by atoms with Crippen molar-refractivity contribution in [1.29, 1.82) is 0 Å². The van der Waals surface area contributed by atoms with E-state index in [1.54, 1.807) is 30.3 Å². The Labute approximate surface area is 196 Å². The zero-order chi connectivity index (χ0) is 24.3. The van der Waals surface area contributed by atoms with E-state index in [1.807, 2.05) is 0 Å². The number of Topliss-reactive ketones (excluding diaryl/α,β-unsaturated/α-hetero) is 1. The molecule has 0 unspecified atom stereocenters. The standard InChI is InChI=1S/C24H22N2O7S/c1-34(30,31)26-12-4-6-16-14-17(10-11-20(16)26)21(27)15-33-24(29)18-7-2-3-8-19(18)25-23(28)22-9-5-13-32-22/h2-3,5,7-11,13-14H,4,6,12,15H2,1H3,(H,25,28). The summed E-state index contributed by atoms with van der Waals surface area (Å²) in [5, 5.41) is 2.59. The Morgan fingerprint density at radius 3 is 2.62 bits per heavy atom. The number of fused-ring (bicyclic) bond motifs is 1. The van der Waals surface area contributed by atoms with Crippen molar-refractivity contribution in [3.05, 3.63) is 83.3 Å². The van der Waals surface area contributed by atoms with Crippen LogP contribution in [0.15, 0.2) is 65.3 Å². The molecule has 1 N–H and O–H groups in total. The number of furan rings is 1. The molecule has 0 radical (unpaired) electrons. The second kappa shape index (κ2) is 9.52. The number of carbonyl (C=O) groups is 3. The van der Waals surface area contributed by atoms with Crippen molar-refractivity contribution in [3.8, 4) is 0 Å². The van der Waals surface area contributed by atoms with Crippen LogP contribution >= 0.6 is 0 Å². The number of rotatable bonds is 7. The van der Waals surface area contributed by atoms with Crippen LogP contribution in [0.1, 0.15) is 43.3 Å². The number of nitrogens with one attached hydrogen (secondary N) is 1. The summed E-state index contributed by atoms with van der Waals surface area (Å²) in [6, 6.07) is 14.1. The lowest BCUT2D eigenvalue weighted by Crippen LogP contribution is -2.34. The molecule has 4 rings (SSSR count). The third-order valence-corrected chi connectivity index (χ3v) is 6.53. The van der Waals surface area contributed by atoms with Gasteiger partial charge in [0, 0.05) is 12.1 Å². The fourth-order valence-electron chi connectivity index (χ4n) is 3.73. The molecule has 0 atom stereocenters. The number of benzene rings is 2. The van der Waals surface area contributed by atoms with Gasteiger partial charge in [-0.15, -0.1) is 0 Å². The summed E-state index contributed by atoms with van der Waals surface area (Å²) in [5.41, 5.74) is 1.94. The second-order valence-electron chi connectivity index (χ2n) is 7.76. The summed E-state index contributed by atoms with van der Waals surface area (Å²) < 4.78 is 35.6. The predicted molar refractivity (Wildman–Crippen MR) is 125 cm³/mol. The Morgan fingerprint density at radius 1 is 1.09 bits per heavy atom. The zero-order valence-electron chi connectivity index (χ0n) is 18.3. The number of hydrogen-bond acceptors (Lipinski definition) is 7. The van der Waals surface area contributed by atoms with E-state index in [2.05, 4.69) is 5.32 Å². The predicted octanol–water partition coefficient (Wildman–Crippen LogP) is 3.28. The molecule has 1 amide bonds. The fraction of sp³-hybridized carbons (Fsp3) is 0.208. The lowest BCUT2D eigenvalue weighted by molar-refractivity contribution is 0.0475. The van der Waals surface area contributed by atoms with Crippen molar-refractivity contribution in [2.24, 2.45) is 0 Å². The van der Waals surface area contributed by atoms with Gasteiger partial charge in [0.2, 0.25) is 10.0 Å². The molecule has 9 nitrogen and oxygen atoms in total. The Bertz CT molecular complexity index is 1350. The molecule has 0 bridgehead atoms. The van der Waals surface area contributed by atoms with Gasteiger partial charge in [-0.3, -0.25) is 13.9 Å². The van der Waals surface area contributed by atoms with Crippen molar-refractivity contribution in [1.82, 2.24) is 0 Å². The van der Waals surface area contributed by atoms with Crippen LogP contribution in [0.2, 0.25) is 0 Å². The average molecular weight is 483 g/mol. The Balaban J connectivity index is 1.44. The number of amides is 1. The molecule has 34 heavy (non-hydrogen) atoms. The Hall–Kier alpha value is -3.92. The number of aryl methyl sites for hydroxylation is 1. The normalized spacial score (nSPS) is 13.1. The first kappa shape index (κ1) is 23.2. The largest absolute Gasteiger partial charge is 0.459 e. The van der Waals surface area contributed by atoms with Crippen LogP contribution in [0, 0.1) is 0 Å². The molecule has 0 saturated heterocycles. The van der Waals surface area contributed by atoms with Crippen LogP contribution in [-0.4, -0.2) is 45.5 Å². The molecule has 3 aromatic rings. The second-order valence-corrected chi connectivity index (χ2v) is 9.67. The lowest BCUT2D eigenvalue weighted by atomic mass is 9.99. The van der Waals surface area contributed by atoms with Crippen LogP contribution in [0.25, 0.3) is 0 Å². The molecule has 0 saturated carbocycles. The number of esters is 1. The maximum absolute atomic E-state index is 12.7. The van der Waals surface area contributed by atoms with Crippen molar-refractivity contribution >= 4 is 39.1 Å². The maximum atomic E-state index is 12.7. The Kier molecular flexibility index (Phi) is 6.51. The molecule has 10 heteroatoms. The summed E-state index contributed by atoms with van der Waals surface area (Å²) in [6.45, 7) is -0.111. The first-order chi connectivity index (χ1) is 16.2. The van der Waals surface area contributed by atoms with Gasteiger partial charge in [-0.1, -0.05) is 12.1 Å². The van der Waals surface area contributed by atoms with Gasteiger partial charge in [0.1, 0.15) is 0 Å². The lowest BCUT2D eigenvalue weighted by Gasteiger charge is -2.29. The van der Waals surface area contributed by atoms with E-state index in [0.717, 1.165) is 11.8 Å². The highest BCUT2D eigenvalue weighted by Crippen LogP contribution is 2.30. The Morgan fingerprint density at radius 2 is 1.88 bits per heavy atom. The van der Waals surface area contributed by atoms with E-state index in [0.29, 0.717) is 30.6 Å². The van der Waals surface area contributed by atoms with Gasteiger partial charge in [-0.25, -0.2) is 13.2 Å². The first-order valence-electron chi connectivity index (χ1n) is 10.5. The molecule has 1 aliphatic heterocycles. The molecular formula is C24H22N2O7S. The molecular weight excluding hydrogens is 460 g/mol. The number of ether oxygens (including phenoxy) is 1. The monoisotopic (exact) mass is 482 g/mol.